The van der Waals surface area contributed by atoms with E-state index < -0.39 is 0 Å². The Bertz CT molecular complexity index is 718. The number of anilines is 2. The van der Waals surface area contributed by atoms with E-state index in [0.29, 0.717) is 5.69 Å². The van der Waals surface area contributed by atoms with Crippen LogP contribution in [0.1, 0.15) is 10.4 Å². The number of nitrogen functional groups attached to an aromatic ring is 1. The van der Waals surface area contributed by atoms with Gasteiger partial charge in [-0.2, -0.15) is 0 Å². The Morgan fingerprint density at radius 1 is 1.26 bits per heavy atom. The summed E-state index contributed by atoms with van der Waals surface area (Å²) in [6.45, 7) is 2.92. The molecule has 0 bridgehead atoms. The van der Waals surface area contributed by atoms with Crippen LogP contribution >= 0.6 is 11.3 Å². The van der Waals surface area contributed by atoms with Gasteiger partial charge in [-0.15, -0.1) is 11.3 Å². The van der Waals surface area contributed by atoms with Gasteiger partial charge in [0.15, 0.2) is 0 Å². The summed E-state index contributed by atoms with van der Waals surface area (Å²) in [5.41, 5.74) is 9.98. The molecule has 0 aliphatic rings. The minimum Gasteiger partial charge on any atom is -0.396 e. The molecule has 0 unspecified atom stereocenters. The molecule has 0 aliphatic heterocycles. The van der Waals surface area contributed by atoms with Crippen molar-refractivity contribution < 1.29 is 0 Å². The zero-order valence-corrected chi connectivity index (χ0v) is 11.5. The maximum Gasteiger partial charge on any atom is 0.0743 e. The number of nitrogens with one attached hydrogen (secondary N) is 1. The standard InChI is InChI=1S/C15H15N3S/c1-10-6-7-19-14(10)9-18-15-11-4-2-3-5-13(11)17-8-12(15)16/h2-8H,9,16H2,1H3,(H,17,18). The van der Waals surface area contributed by atoms with Gasteiger partial charge in [0.1, 0.15) is 0 Å². The van der Waals surface area contributed by atoms with Crippen molar-refractivity contribution in [2.75, 3.05) is 11.1 Å². The Labute approximate surface area is 116 Å². The number of fused-ring (bicyclic) bond motifs is 1. The van der Waals surface area contributed by atoms with Crippen LogP contribution in [0.2, 0.25) is 0 Å². The fourth-order valence-corrected chi connectivity index (χ4v) is 2.95. The molecule has 0 spiro atoms. The van der Waals surface area contributed by atoms with E-state index in [4.69, 9.17) is 5.73 Å². The molecule has 4 heteroatoms. The van der Waals surface area contributed by atoms with E-state index in [1.165, 1.54) is 10.4 Å². The van der Waals surface area contributed by atoms with Gasteiger partial charge in [-0.1, -0.05) is 18.2 Å². The Hall–Kier alpha value is -2.07. The lowest BCUT2D eigenvalue weighted by Crippen LogP contribution is -2.03. The summed E-state index contributed by atoms with van der Waals surface area (Å²) < 4.78 is 0. The smallest absolute Gasteiger partial charge is 0.0743 e. The highest BCUT2D eigenvalue weighted by Crippen LogP contribution is 2.28. The van der Waals surface area contributed by atoms with E-state index in [9.17, 15) is 0 Å². The van der Waals surface area contributed by atoms with Crippen LogP contribution in [0.5, 0.6) is 0 Å². The maximum atomic E-state index is 6.04. The lowest BCUT2D eigenvalue weighted by atomic mass is 10.1. The molecule has 0 saturated carbocycles. The predicted octanol–water partition coefficient (Wildman–Crippen LogP) is 3.80. The number of nitrogens with two attached hydrogens (primary N) is 1. The molecule has 19 heavy (non-hydrogen) atoms. The number of benzene rings is 1. The molecule has 2 heterocycles. The molecular weight excluding hydrogens is 254 g/mol. The molecule has 96 valence electrons. The van der Waals surface area contributed by atoms with Gasteiger partial charge in [0, 0.05) is 16.8 Å². The normalized spacial score (nSPS) is 10.8. The monoisotopic (exact) mass is 269 g/mol. The SMILES string of the molecule is Cc1ccsc1CNc1c(N)cnc2ccccc12. The molecule has 3 aromatic rings. The molecule has 2 aromatic heterocycles. The van der Waals surface area contributed by atoms with Crippen LogP contribution in [0.3, 0.4) is 0 Å². The summed E-state index contributed by atoms with van der Waals surface area (Å²) in [4.78, 5) is 5.68. The first kappa shape index (κ1) is 12.0. The number of rotatable bonds is 3. The van der Waals surface area contributed by atoms with Crippen LogP contribution < -0.4 is 11.1 Å². The lowest BCUT2D eigenvalue weighted by Gasteiger charge is -2.11. The molecule has 0 saturated heterocycles. The topological polar surface area (TPSA) is 50.9 Å². The van der Waals surface area contributed by atoms with Crippen LogP contribution in [0.4, 0.5) is 11.4 Å². The van der Waals surface area contributed by atoms with Gasteiger partial charge >= 0.3 is 0 Å². The number of hydrogen-bond acceptors (Lipinski definition) is 4. The summed E-state index contributed by atoms with van der Waals surface area (Å²) >= 11 is 1.76. The van der Waals surface area contributed by atoms with Crippen LogP contribution in [0.15, 0.2) is 41.9 Å². The second-order valence-electron chi connectivity index (χ2n) is 4.49. The zero-order chi connectivity index (χ0) is 13.2. The molecule has 3 rings (SSSR count). The summed E-state index contributed by atoms with van der Waals surface area (Å²) in [6.07, 6.45) is 1.71. The second kappa shape index (κ2) is 4.90. The quantitative estimate of drug-likeness (QED) is 0.760. The highest BCUT2D eigenvalue weighted by Gasteiger charge is 2.07. The number of thiophene rings is 1. The minimum atomic E-state index is 0.688. The Balaban J connectivity index is 1.96. The zero-order valence-electron chi connectivity index (χ0n) is 10.7. The van der Waals surface area contributed by atoms with Crippen molar-refractivity contribution in [3.63, 3.8) is 0 Å². The second-order valence-corrected chi connectivity index (χ2v) is 5.49. The molecule has 0 amide bonds. The molecule has 0 aliphatic carbocycles. The van der Waals surface area contributed by atoms with Gasteiger partial charge in [-0.25, -0.2) is 0 Å². The van der Waals surface area contributed by atoms with Crippen molar-refractivity contribution in [2.24, 2.45) is 0 Å². The fraction of sp³-hybridized carbons (Fsp3) is 0.133. The van der Waals surface area contributed by atoms with Crippen molar-refractivity contribution in [2.45, 2.75) is 13.5 Å². The summed E-state index contributed by atoms with van der Waals surface area (Å²) in [7, 11) is 0. The number of para-hydroxylation sites is 1. The van der Waals surface area contributed by atoms with Crippen molar-refractivity contribution >= 4 is 33.6 Å². The van der Waals surface area contributed by atoms with Crippen LogP contribution in [-0.4, -0.2) is 4.98 Å². The van der Waals surface area contributed by atoms with Crippen LogP contribution in [-0.2, 0) is 6.54 Å². The highest BCUT2D eigenvalue weighted by atomic mass is 32.1. The van der Waals surface area contributed by atoms with Crippen LogP contribution in [0.25, 0.3) is 10.9 Å². The largest absolute Gasteiger partial charge is 0.396 e. The third-order valence-corrected chi connectivity index (χ3v) is 4.22. The van der Waals surface area contributed by atoms with Crippen LogP contribution in [0, 0.1) is 6.92 Å². The average molecular weight is 269 g/mol. The molecule has 3 nitrogen and oxygen atoms in total. The van der Waals surface area contributed by atoms with Crippen molar-refractivity contribution in [1.82, 2.24) is 4.98 Å². The number of pyridine rings is 1. The first-order valence-electron chi connectivity index (χ1n) is 6.16. The minimum absolute atomic E-state index is 0.688. The molecule has 0 fully saturated rings. The van der Waals surface area contributed by atoms with Gasteiger partial charge in [-0.05, 0) is 30.0 Å². The first-order valence-corrected chi connectivity index (χ1v) is 7.04. The van der Waals surface area contributed by atoms with Crippen molar-refractivity contribution in [1.29, 1.82) is 0 Å². The Morgan fingerprint density at radius 2 is 2.11 bits per heavy atom. The lowest BCUT2D eigenvalue weighted by molar-refractivity contribution is 1.17. The van der Waals surface area contributed by atoms with E-state index >= 15 is 0 Å². The maximum absolute atomic E-state index is 6.04. The van der Waals surface area contributed by atoms with Gasteiger partial charge in [0.05, 0.1) is 23.1 Å². The predicted molar refractivity (Wildman–Crippen MR) is 82.5 cm³/mol. The van der Waals surface area contributed by atoms with Gasteiger partial charge in [0.2, 0.25) is 0 Å². The Kier molecular flexibility index (Phi) is 3.09. The molecule has 0 atom stereocenters. The highest BCUT2D eigenvalue weighted by molar-refractivity contribution is 7.10. The average Bonchev–Trinajstić information content (AvgIpc) is 2.83. The molecule has 3 N–H and O–H groups in total. The van der Waals surface area contributed by atoms with Crippen molar-refractivity contribution in [3.8, 4) is 0 Å². The van der Waals surface area contributed by atoms with E-state index in [1.807, 2.05) is 24.3 Å². The molecular formula is C15H15N3S. The molecule has 0 radical (unpaired) electrons. The summed E-state index contributed by atoms with van der Waals surface area (Å²) in [5.74, 6) is 0. The van der Waals surface area contributed by atoms with E-state index in [1.54, 1.807) is 17.5 Å². The van der Waals surface area contributed by atoms with Gasteiger partial charge < -0.3 is 11.1 Å². The molecule has 1 aromatic carbocycles. The summed E-state index contributed by atoms with van der Waals surface area (Å²) in [5, 5.41) is 6.62. The van der Waals surface area contributed by atoms with Gasteiger partial charge in [-0.3, -0.25) is 4.98 Å². The number of aromatic nitrogens is 1. The van der Waals surface area contributed by atoms with E-state index in [0.717, 1.165) is 23.1 Å². The third kappa shape index (κ3) is 2.27. The number of nitrogens with zero attached hydrogens (tertiary/aromatic N) is 1. The number of hydrogen-bond donors (Lipinski definition) is 2. The fourth-order valence-electron chi connectivity index (χ4n) is 2.11. The Morgan fingerprint density at radius 3 is 2.89 bits per heavy atom. The summed E-state index contributed by atoms with van der Waals surface area (Å²) in [6, 6.07) is 10.2. The first-order chi connectivity index (χ1) is 9.25. The van der Waals surface area contributed by atoms with Crippen molar-refractivity contribution in [3.05, 3.63) is 52.3 Å². The third-order valence-electron chi connectivity index (χ3n) is 3.20. The van der Waals surface area contributed by atoms with E-state index in [-0.39, 0.29) is 0 Å². The van der Waals surface area contributed by atoms with Gasteiger partial charge in [0.25, 0.3) is 0 Å². The number of aryl methyl sites for hydroxylation is 1. The van der Waals surface area contributed by atoms with E-state index in [2.05, 4.69) is 28.7 Å².